The van der Waals surface area contributed by atoms with E-state index in [0.29, 0.717) is 39.0 Å². The highest BCUT2D eigenvalue weighted by atomic mass is 19.1. The number of piperazine rings is 1. The maximum absolute atomic E-state index is 15.7. The molecule has 2 heterocycles. The SMILES string of the molecule is CCOC(=O)c1c(F)c(N2CCNCC2)c(F)c2c1c(=O)c(C(=O)O)cn2C1CC1. The van der Waals surface area contributed by atoms with Crippen molar-refractivity contribution in [2.45, 2.75) is 25.8 Å². The van der Waals surface area contributed by atoms with E-state index in [4.69, 9.17) is 4.74 Å². The van der Waals surface area contributed by atoms with Gasteiger partial charge in [0.05, 0.1) is 17.5 Å². The van der Waals surface area contributed by atoms with Crippen molar-refractivity contribution in [3.8, 4) is 0 Å². The number of aromatic nitrogens is 1. The van der Waals surface area contributed by atoms with Crippen LogP contribution in [0.2, 0.25) is 0 Å². The average molecular weight is 421 g/mol. The van der Waals surface area contributed by atoms with Crippen molar-refractivity contribution in [1.29, 1.82) is 0 Å². The molecule has 1 saturated carbocycles. The van der Waals surface area contributed by atoms with Gasteiger partial charge in [-0.3, -0.25) is 4.79 Å². The molecule has 8 nitrogen and oxygen atoms in total. The van der Waals surface area contributed by atoms with E-state index in [9.17, 15) is 19.5 Å². The lowest BCUT2D eigenvalue weighted by atomic mass is 10.0. The first-order chi connectivity index (χ1) is 14.4. The molecule has 1 aliphatic heterocycles. The van der Waals surface area contributed by atoms with Gasteiger partial charge in [-0.1, -0.05) is 0 Å². The number of carboxylic acids is 1. The molecule has 0 amide bonds. The summed E-state index contributed by atoms with van der Waals surface area (Å²) < 4.78 is 37.6. The predicted octanol–water partition coefficient (Wildman–Crippen LogP) is 1.90. The van der Waals surface area contributed by atoms with Crippen LogP contribution < -0.4 is 15.6 Å². The van der Waals surface area contributed by atoms with Gasteiger partial charge in [-0.05, 0) is 19.8 Å². The van der Waals surface area contributed by atoms with Crippen molar-refractivity contribution in [2.24, 2.45) is 0 Å². The number of anilines is 1. The smallest absolute Gasteiger partial charge is 0.342 e. The van der Waals surface area contributed by atoms with E-state index in [0.717, 1.165) is 6.20 Å². The number of carbonyl (C=O) groups is 2. The molecule has 0 atom stereocenters. The highest BCUT2D eigenvalue weighted by molar-refractivity contribution is 6.07. The second-order valence-corrected chi connectivity index (χ2v) is 7.35. The number of ether oxygens (including phenoxy) is 1. The number of esters is 1. The van der Waals surface area contributed by atoms with Crippen molar-refractivity contribution < 1.29 is 28.2 Å². The Balaban J connectivity index is 2.14. The number of benzene rings is 1. The number of hydrogen-bond acceptors (Lipinski definition) is 6. The second-order valence-electron chi connectivity index (χ2n) is 7.35. The Morgan fingerprint density at radius 1 is 1.23 bits per heavy atom. The molecule has 2 fully saturated rings. The van der Waals surface area contributed by atoms with Crippen LogP contribution in [0.25, 0.3) is 10.9 Å². The fourth-order valence-corrected chi connectivity index (χ4v) is 3.88. The number of halogens is 2. The Morgan fingerprint density at radius 2 is 1.90 bits per heavy atom. The molecule has 1 aromatic heterocycles. The number of carboxylic acid groups (broad SMARTS) is 1. The maximum atomic E-state index is 15.7. The fraction of sp³-hybridized carbons (Fsp3) is 0.450. The predicted molar refractivity (Wildman–Crippen MR) is 104 cm³/mol. The van der Waals surface area contributed by atoms with Gasteiger partial charge < -0.3 is 24.6 Å². The Morgan fingerprint density at radius 3 is 2.47 bits per heavy atom. The normalized spacial score (nSPS) is 16.7. The fourth-order valence-electron chi connectivity index (χ4n) is 3.88. The van der Waals surface area contributed by atoms with Crippen LogP contribution in [0.5, 0.6) is 0 Å². The lowest BCUT2D eigenvalue weighted by Crippen LogP contribution is -2.44. The van der Waals surface area contributed by atoms with Gasteiger partial charge in [-0.15, -0.1) is 0 Å². The molecule has 2 aliphatic rings. The van der Waals surface area contributed by atoms with Gasteiger partial charge in [0.25, 0.3) is 0 Å². The van der Waals surface area contributed by atoms with Crippen molar-refractivity contribution in [3.05, 3.63) is 39.2 Å². The lowest BCUT2D eigenvalue weighted by molar-refractivity contribution is 0.0522. The molecule has 0 radical (unpaired) electrons. The van der Waals surface area contributed by atoms with Gasteiger partial charge in [0.1, 0.15) is 16.8 Å². The quantitative estimate of drug-likeness (QED) is 0.711. The third-order valence-electron chi connectivity index (χ3n) is 5.41. The monoisotopic (exact) mass is 421 g/mol. The van der Waals surface area contributed by atoms with E-state index in [1.165, 1.54) is 16.4 Å². The first-order valence-corrected chi connectivity index (χ1v) is 9.82. The van der Waals surface area contributed by atoms with Crippen LogP contribution in [-0.4, -0.2) is 54.4 Å². The number of carbonyl (C=O) groups excluding carboxylic acids is 1. The third kappa shape index (κ3) is 3.20. The summed E-state index contributed by atoms with van der Waals surface area (Å²) in [4.78, 5) is 38.7. The highest BCUT2D eigenvalue weighted by Crippen LogP contribution is 2.41. The number of nitrogens with one attached hydrogen (secondary N) is 1. The van der Waals surface area contributed by atoms with Crippen molar-refractivity contribution >= 4 is 28.5 Å². The molecule has 0 unspecified atom stereocenters. The summed E-state index contributed by atoms with van der Waals surface area (Å²) >= 11 is 0. The zero-order valence-corrected chi connectivity index (χ0v) is 16.3. The maximum Gasteiger partial charge on any atom is 0.342 e. The van der Waals surface area contributed by atoms with Crippen LogP contribution >= 0.6 is 0 Å². The van der Waals surface area contributed by atoms with Gasteiger partial charge in [0.2, 0.25) is 5.43 Å². The Kier molecular flexibility index (Phi) is 5.19. The molecule has 2 N–H and O–H groups in total. The van der Waals surface area contributed by atoms with Crippen molar-refractivity contribution in [3.63, 3.8) is 0 Å². The van der Waals surface area contributed by atoms with Crippen LogP contribution in [0, 0.1) is 11.6 Å². The van der Waals surface area contributed by atoms with Crippen LogP contribution in [0.15, 0.2) is 11.0 Å². The summed E-state index contributed by atoms with van der Waals surface area (Å²) in [6.07, 6.45) is 2.40. The standard InChI is InChI=1S/C20H21F2N3O5/c1-2-30-20(29)12-13-16(15(22)17(14(12)21)24-7-5-23-6-8-24)25(10-3-4-10)9-11(18(13)26)19(27)28/h9-10,23H,2-8H2,1H3,(H,27,28). The van der Waals surface area contributed by atoms with Gasteiger partial charge >= 0.3 is 11.9 Å². The largest absolute Gasteiger partial charge is 0.477 e. The molecule has 0 bridgehead atoms. The Bertz CT molecular complexity index is 1100. The van der Waals surface area contributed by atoms with E-state index in [-0.39, 0.29) is 18.2 Å². The summed E-state index contributed by atoms with van der Waals surface area (Å²) in [6.45, 7) is 3.04. The summed E-state index contributed by atoms with van der Waals surface area (Å²) in [5, 5.41) is 11.9. The zero-order chi connectivity index (χ0) is 21.6. The van der Waals surface area contributed by atoms with E-state index in [1.54, 1.807) is 0 Å². The molecule has 0 spiro atoms. The van der Waals surface area contributed by atoms with E-state index < -0.39 is 51.2 Å². The third-order valence-corrected chi connectivity index (χ3v) is 5.41. The number of rotatable bonds is 5. The van der Waals surface area contributed by atoms with Crippen molar-refractivity contribution in [1.82, 2.24) is 9.88 Å². The van der Waals surface area contributed by atoms with Crippen LogP contribution in [-0.2, 0) is 4.74 Å². The second kappa shape index (κ2) is 7.67. The van der Waals surface area contributed by atoms with Gasteiger partial charge in [0, 0.05) is 38.4 Å². The number of hydrogen-bond donors (Lipinski definition) is 2. The van der Waals surface area contributed by atoms with Crippen molar-refractivity contribution in [2.75, 3.05) is 37.7 Å². The molecule has 10 heteroatoms. The Labute approximate surface area is 170 Å². The molecule has 1 aliphatic carbocycles. The summed E-state index contributed by atoms with van der Waals surface area (Å²) in [6, 6.07) is -0.225. The zero-order valence-electron chi connectivity index (χ0n) is 16.3. The van der Waals surface area contributed by atoms with Gasteiger partial charge in [-0.25, -0.2) is 18.4 Å². The van der Waals surface area contributed by atoms with Gasteiger partial charge in [0.15, 0.2) is 11.6 Å². The number of pyridine rings is 1. The van der Waals surface area contributed by atoms with Crippen LogP contribution in [0.1, 0.15) is 46.5 Å². The summed E-state index contributed by atoms with van der Waals surface area (Å²) in [5.74, 6) is -4.84. The lowest BCUT2D eigenvalue weighted by Gasteiger charge is -2.31. The Hall–Kier alpha value is -3.01. The van der Waals surface area contributed by atoms with E-state index >= 15 is 8.78 Å². The number of aromatic carboxylic acids is 1. The first kappa shape index (κ1) is 20.3. The minimum Gasteiger partial charge on any atom is -0.477 e. The molecule has 1 saturated heterocycles. The first-order valence-electron chi connectivity index (χ1n) is 9.82. The molecule has 4 rings (SSSR count). The average Bonchev–Trinajstić information content (AvgIpc) is 3.54. The molecule has 2 aromatic rings. The number of nitrogens with zero attached hydrogens (tertiary/aromatic N) is 2. The summed E-state index contributed by atoms with van der Waals surface area (Å²) in [7, 11) is 0. The highest BCUT2D eigenvalue weighted by Gasteiger charge is 2.35. The van der Waals surface area contributed by atoms with Crippen LogP contribution in [0.4, 0.5) is 14.5 Å². The van der Waals surface area contributed by atoms with Gasteiger partial charge in [-0.2, -0.15) is 0 Å². The molecule has 30 heavy (non-hydrogen) atoms. The van der Waals surface area contributed by atoms with Crippen LogP contribution in [0.3, 0.4) is 0 Å². The number of fused-ring (bicyclic) bond motifs is 1. The summed E-state index contributed by atoms with van der Waals surface area (Å²) in [5.41, 5.74) is -3.13. The topological polar surface area (TPSA) is 101 Å². The minimum atomic E-state index is -1.53. The minimum absolute atomic E-state index is 0.0878. The van der Waals surface area contributed by atoms with E-state index in [2.05, 4.69) is 5.32 Å². The molecular weight excluding hydrogens is 400 g/mol. The molecule has 160 valence electrons. The van der Waals surface area contributed by atoms with E-state index in [1.807, 2.05) is 0 Å². The molecular formula is C20H21F2N3O5. The molecule has 1 aromatic carbocycles.